The number of sulfonamides is 1. The maximum absolute atomic E-state index is 12.2. The molecule has 0 aliphatic rings. The third-order valence-corrected chi connectivity index (χ3v) is 4.02. The molecule has 2 rings (SSSR count). The minimum atomic E-state index is -3.94. The van der Waals surface area contributed by atoms with E-state index in [0.29, 0.717) is 10.7 Å². The first-order valence-electron chi connectivity index (χ1n) is 5.36. The second-order valence-corrected chi connectivity index (χ2v) is 5.92. The molecule has 0 fully saturated rings. The largest absolute Gasteiger partial charge is 0.399 e. The first kappa shape index (κ1) is 14.1. The molecule has 8 heteroatoms. The number of nitrogens with two attached hydrogens (primary N) is 1. The van der Waals surface area contributed by atoms with Gasteiger partial charge in [-0.1, -0.05) is 11.6 Å². The van der Waals surface area contributed by atoms with E-state index in [1.807, 2.05) is 0 Å². The van der Waals surface area contributed by atoms with Gasteiger partial charge in [0, 0.05) is 23.0 Å². The van der Waals surface area contributed by atoms with Crippen molar-refractivity contribution in [2.75, 3.05) is 10.5 Å². The van der Waals surface area contributed by atoms with Crippen LogP contribution in [0.5, 0.6) is 0 Å². The topological polar surface area (TPSA) is 109 Å². The number of nitriles is 1. The molecule has 0 radical (unpaired) electrons. The van der Waals surface area contributed by atoms with E-state index in [4.69, 9.17) is 22.6 Å². The quantitative estimate of drug-likeness (QED) is 0.843. The van der Waals surface area contributed by atoms with E-state index in [9.17, 15) is 8.42 Å². The van der Waals surface area contributed by atoms with Crippen LogP contribution >= 0.6 is 11.6 Å². The summed E-state index contributed by atoms with van der Waals surface area (Å²) < 4.78 is 26.7. The number of rotatable bonds is 3. The molecule has 0 bridgehead atoms. The predicted molar refractivity (Wildman–Crippen MR) is 75.6 cm³/mol. The van der Waals surface area contributed by atoms with Crippen molar-refractivity contribution in [2.45, 2.75) is 4.90 Å². The average molecular weight is 309 g/mol. The number of aromatic nitrogens is 1. The molecule has 20 heavy (non-hydrogen) atoms. The SMILES string of the molecule is N#Cc1cc(N)ccc1S(=O)(=O)Nc1cc(Cl)ccn1. The van der Waals surface area contributed by atoms with Gasteiger partial charge in [0.1, 0.15) is 16.8 Å². The summed E-state index contributed by atoms with van der Waals surface area (Å²) in [5, 5.41) is 9.32. The molecule has 1 aromatic carbocycles. The Morgan fingerprint density at radius 3 is 2.70 bits per heavy atom. The molecule has 2 aromatic rings. The molecule has 0 saturated carbocycles. The van der Waals surface area contributed by atoms with Crippen LogP contribution in [0.3, 0.4) is 0 Å². The van der Waals surface area contributed by atoms with Gasteiger partial charge in [-0.2, -0.15) is 5.26 Å². The molecule has 0 saturated heterocycles. The minimum Gasteiger partial charge on any atom is -0.399 e. The van der Waals surface area contributed by atoms with Gasteiger partial charge in [-0.3, -0.25) is 4.72 Å². The van der Waals surface area contributed by atoms with Crippen molar-refractivity contribution in [1.29, 1.82) is 5.26 Å². The fourth-order valence-electron chi connectivity index (χ4n) is 1.52. The first-order chi connectivity index (χ1) is 9.42. The van der Waals surface area contributed by atoms with Gasteiger partial charge in [0.05, 0.1) is 5.56 Å². The van der Waals surface area contributed by atoms with Crippen molar-refractivity contribution >= 4 is 33.1 Å². The van der Waals surface area contributed by atoms with Crippen LogP contribution in [0.4, 0.5) is 11.5 Å². The molecular formula is C12H9ClN4O2S. The molecule has 0 unspecified atom stereocenters. The zero-order valence-corrected chi connectivity index (χ0v) is 11.6. The van der Waals surface area contributed by atoms with E-state index in [2.05, 4.69) is 9.71 Å². The van der Waals surface area contributed by atoms with Crippen molar-refractivity contribution in [1.82, 2.24) is 4.98 Å². The van der Waals surface area contributed by atoms with Crippen molar-refractivity contribution in [3.05, 3.63) is 47.1 Å². The Morgan fingerprint density at radius 1 is 1.30 bits per heavy atom. The number of hydrogen-bond donors (Lipinski definition) is 2. The van der Waals surface area contributed by atoms with E-state index in [-0.39, 0.29) is 16.3 Å². The standard InChI is InChI=1S/C12H9ClN4O2S/c13-9-3-4-16-12(6-9)17-20(18,19)11-2-1-10(15)5-8(11)7-14/h1-6H,15H2,(H,16,17). The van der Waals surface area contributed by atoms with Crippen LogP contribution in [0.2, 0.25) is 5.02 Å². The molecule has 1 heterocycles. The number of pyridine rings is 1. The van der Waals surface area contributed by atoms with Gasteiger partial charge < -0.3 is 5.73 Å². The van der Waals surface area contributed by atoms with E-state index < -0.39 is 10.0 Å². The fourth-order valence-corrected chi connectivity index (χ4v) is 2.82. The smallest absolute Gasteiger partial charge is 0.264 e. The van der Waals surface area contributed by atoms with Crippen molar-refractivity contribution in [2.24, 2.45) is 0 Å². The summed E-state index contributed by atoms with van der Waals surface area (Å²) in [5.74, 6) is 0.0678. The summed E-state index contributed by atoms with van der Waals surface area (Å²) in [6, 6.07) is 8.63. The Morgan fingerprint density at radius 2 is 2.05 bits per heavy atom. The molecule has 6 nitrogen and oxygen atoms in total. The summed E-state index contributed by atoms with van der Waals surface area (Å²) in [6.45, 7) is 0. The second kappa shape index (κ2) is 5.36. The lowest BCUT2D eigenvalue weighted by atomic mass is 10.2. The van der Waals surface area contributed by atoms with Gasteiger partial charge in [0.25, 0.3) is 10.0 Å². The Bertz CT molecular complexity index is 799. The number of benzene rings is 1. The molecule has 102 valence electrons. The molecule has 0 atom stereocenters. The van der Waals surface area contributed by atoms with Crippen LogP contribution < -0.4 is 10.5 Å². The van der Waals surface area contributed by atoms with Gasteiger partial charge in [-0.25, -0.2) is 13.4 Å². The maximum atomic E-state index is 12.2. The van der Waals surface area contributed by atoms with E-state index >= 15 is 0 Å². The minimum absolute atomic E-state index is 0.0421. The van der Waals surface area contributed by atoms with E-state index in [1.165, 1.54) is 36.5 Å². The summed E-state index contributed by atoms with van der Waals surface area (Å²) in [4.78, 5) is 3.67. The van der Waals surface area contributed by atoms with Gasteiger partial charge in [-0.05, 0) is 24.3 Å². The summed E-state index contributed by atoms with van der Waals surface area (Å²) in [7, 11) is -3.94. The van der Waals surface area contributed by atoms with E-state index in [0.717, 1.165) is 0 Å². The van der Waals surface area contributed by atoms with Crippen LogP contribution in [0.15, 0.2) is 41.4 Å². The zero-order valence-electron chi connectivity index (χ0n) is 10.0. The van der Waals surface area contributed by atoms with Crippen LogP contribution in [0.1, 0.15) is 5.56 Å². The van der Waals surface area contributed by atoms with Crippen LogP contribution in [0, 0.1) is 11.3 Å². The molecule has 0 amide bonds. The Kier molecular flexibility index (Phi) is 3.79. The molecule has 3 N–H and O–H groups in total. The van der Waals surface area contributed by atoms with Gasteiger partial charge in [-0.15, -0.1) is 0 Å². The van der Waals surface area contributed by atoms with Crippen molar-refractivity contribution in [3.63, 3.8) is 0 Å². The van der Waals surface area contributed by atoms with Gasteiger partial charge in [0.2, 0.25) is 0 Å². The number of nitrogens with zero attached hydrogens (tertiary/aromatic N) is 2. The monoisotopic (exact) mass is 308 g/mol. The number of hydrogen-bond acceptors (Lipinski definition) is 5. The third kappa shape index (κ3) is 2.99. The Balaban J connectivity index is 2.44. The lowest BCUT2D eigenvalue weighted by Crippen LogP contribution is -2.15. The van der Waals surface area contributed by atoms with Gasteiger partial charge >= 0.3 is 0 Å². The summed E-state index contributed by atoms with van der Waals surface area (Å²) in [6.07, 6.45) is 1.37. The third-order valence-electron chi connectivity index (χ3n) is 2.37. The zero-order chi connectivity index (χ0) is 14.8. The molecule has 1 aromatic heterocycles. The van der Waals surface area contributed by atoms with E-state index in [1.54, 1.807) is 6.07 Å². The van der Waals surface area contributed by atoms with Crippen molar-refractivity contribution < 1.29 is 8.42 Å². The van der Waals surface area contributed by atoms with Crippen LogP contribution in [-0.2, 0) is 10.0 Å². The molecule has 0 spiro atoms. The number of halogens is 1. The number of anilines is 2. The summed E-state index contributed by atoms with van der Waals surface area (Å²) in [5.41, 5.74) is 5.79. The highest BCUT2D eigenvalue weighted by molar-refractivity contribution is 7.92. The van der Waals surface area contributed by atoms with Gasteiger partial charge in [0.15, 0.2) is 0 Å². The van der Waals surface area contributed by atoms with Crippen molar-refractivity contribution in [3.8, 4) is 6.07 Å². The fraction of sp³-hybridized carbons (Fsp3) is 0. The van der Waals surface area contributed by atoms with Crippen LogP contribution in [-0.4, -0.2) is 13.4 Å². The number of nitrogen functional groups attached to an aromatic ring is 1. The lowest BCUT2D eigenvalue weighted by Gasteiger charge is -2.09. The van der Waals surface area contributed by atoms with Crippen LogP contribution in [0.25, 0.3) is 0 Å². The normalized spacial score (nSPS) is 10.8. The first-order valence-corrected chi connectivity index (χ1v) is 7.22. The summed E-state index contributed by atoms with van der Waals surface area (Å²) >= 11 is 5.76. The highest BCUT2D eigenvalue weighted by atomic mass is 35.5. The Labute approximate surface area is 120 Å². The highest BCUT2D eigenvalue weighted by Crippen LogP contribution is 2.21. The maximum Gasteiger partial charge on any atom is 0.264 e. The molecule has 0 aliphatic heterocycles. The predicted octanol–water partition coefficient (Wildman–Crippen LogP) is 1.99. The molecule has 0 aliphatic carbocycles. The molecular weight excluding hydrogens is 300 g/mol. The lowest BCUT2D eigenvalue weighted by molar-refractivity contribution is 0.601. The number of nitrogens with one attached hydrogen (secondary N) is 1. The highest BCUT2D eigenvalue weighted by Gasteiger charge is 2.19. The Hall–Kier alpha value is -2.30. The average Bonchev–Trinajstić information content (AvgIpc) is 2.37. The second-order valence-electron chi connectivity index (χ2n) is 3.83.